The van der Waals surface area contributed by atoms with Crippen molar-refractivity contribution in [2.75, 3.05) is 5.73 Å². The standard InChI is InChI=1S/C20H21NO/c1-14-5-11-18(21)17(13-14)19(22)12-8-15-6-9-16(10-7-15)20(2,3)4/h5-7,9-11,13H,21H2,1-4H3. The van der Waals surface area contributed by atoms with E-state index in [1.807, 2.05) is 25.1 Å². The van der Waals surface area contributed by atoms with Gasteiger partial charge in [0.05, 0.1) is 5.56 Å². The third-order valence-electron chi connectivity index (χ3n) is 3.52. The molecule has 0 saturated carbocycles. The Balaban J connectivity index is 2.23. The van der Waals surface area contributed by atoms with Crippen molar-refractivity contribution in [1.82, 2.24) is 0 Å². The van der Waals surface area contributed by atoms with Crippen LogP contribution in [0.2, 0.25) is 0 Å². The zero-order chi connectivity index (χ0) is 16.3. The monoisotopic (exact) mass is 291 g/mol. The van der Waals surface area contributed by atoms with E-state index in [4.69, 9.17) is 5.73 Å². The van der Waals surface area contributed by atoms with Crippen LogP contribution in [0, 0.1) is 18.8 Å². The van der Waals surface area contributed by atoms with Gasteiger partial charge in [-0.15, -0.1) is 0 Å². The summed E-state index contributed by atoms with van der Waals surface area (Å²) in [5.41, 5.74) is 9.95. The Morgan fingerprint density at radius 2 is 1.68 bits per heavy atom. The highest BCUT2D eigenvalue weighted by Crippen LogP contribution is 2.22. The van der Waals surface area contributed by atoms with Crippen molar-refractivity contribution in [2.45, 2.75) is 33.1 Å². The van der Waals surface area contributed by atoms with Gasteiger partial charge in [0.2, 0.25) is 5.78 Å². The molecule has 0 spiro atoms. The molecular weight excluding hydrogens is 270 g/mol. The minimum Gasteiger partial charge on any atom is -0.398 e. The van der Waals surface area contributed by atoms with E-state index in [9.17, 15) is 4.79 Å². The molecule has 0 aliphatic heterocycles. The van der Waals surface area contributed by atoms with Crippen LogP contribution < -0.4 is 5.73 Å². The smallest absolute Gasteiger partial charge is 0.238 e. The second kappa shape index (κ2) is 6.07. The maximum atomic E-state index is 12.2. The summed E-state index contributed by atoms with van der Waals surface area (Å²) < 4.78 is 0. The number of hydrogen-bond donors (Lipinski definition) is 1. The van der Waals surface area contributed by atoms with Crippen LogP contribution in [-0.2, 0) is 5.41 Å². The predicted molar refractivity (Wildman–Crippen MR) is 91.9 cm³/mol. The molecule has 0 radical (unpaired) electrons. The van der Waals surface area contributed by atoms with Crippen LogP contribution in [0.15, 0.2) is 42.5 Å². The van der Waals surface area contributed by atoms with E-state index in [1.165, 1.54) is 5.56 Å². The maximum absolute atomic E-state index is 12.2. The van der Waals surface area contributed by atoms with Gasteiger partial charge in [-0.25, -0.2) is 0 Å². The number of ketones is 1. The molecule has 2 rings (SSSR count). The number of anilines is 1. The second-order valence-corrected chi connectivity index (χ2v) is 6.50. The Morgan fingerprint density at radius 1 is 1.05 bits per heavy atom. The lowest BCUT2D eigenvalue weighted by Gasteiger charge is -2.18. The molecular formula is C20H21NO. The number of nitrogens with two attached hydrogens (primary N) is 1. The highest BCUT2D eigenvalue weighted by Gasteiger charge is 2.12. The van der Waals surface area contributed by atoms with Crippen LogP contribution in [0.4, 0.5) is 5.69 Å². The van der Waals surface area contributed by atoms with Crippen molar-refractivity contribution in [3.63, 3.8) is 0 Å². The first kappa shape index (κ1) is 15.9. The first-order valence-electron chi connectivity index (χ1n) is 7.30. The number of aryl methyl sites for hydroxylation is 1. The van der Waals surface area contributed by atoms with E-state index in [-0.39, 0.29) is 11.2 Å². The zero-order valence-corrected chi connectivity index (χ0v) is 13.5. The predicted octanol–water partition coefficient (Wildman–Crippen LogP) is 4.11. The van der Waals surface area contributed by atoms with Gasteiger partial charge in [0.25, 0.3) is 0 Å². The number of nitrogen functional groups attached to an aromatic ring is 1. The first-order valence-corrected chi connectivity index (χ1v) is 7.30. The van der Waals surface area contributed by atoms with Crippen LogP contribution in [0.1, 0.15) is 47.8 Å². The van der Waals surface area contributed by atoms with Gasteiger partial charge in [-0.2, -0.15) is 0 Å². The van der Waals surface area contributed by atoms with Gasteiger partial charge in [-0.3, -0.25) is 4.79 Å². The summed E-state index contributed by atoms with van der Waals surface area (Å²) in [5, 5.41) is 0. The van der Waals surface area contributed by atoms with Crippen molar-refractivity contribution < 1.29 is 4.79 Å². The molecule has 0 heterocycles. The van der Waals surface area contributed by atoms with Gasteiger partial charge in [0.15, 0.2) is 0 Å². The Bertz CT molecular complexity index is 753. The molecule has 2 aromatic carbocycles. The van der Waals surface area contributed by atoms with Crippen molar-refractivity contribution in [2.24, 2.45) is 0 Å². The van der Waals surface area contributed by atoms with Crippen LogP contribution in [0.25, 0.3) is 0 Å². The van der Waals surface area contributed by atoms with E-state index in [0.717, 1.165) is 11.1 Å². The summed E-state index contributed by atoms with van der Waals surface area (Å²) in [6.07, 6.45) is 0. The summed E-state index contributed by atoms with van der Waals surface area (Å²) in [5.74, 6) is 5.34. The Hall–Kier alpha value is -2.53. The molecule has 2 nitrogen and oxygen atoms in total. The molecule has 2 N–H and O–H groups in total. The van der Waals surface area contributed by atoms with E-state index in [2.05, 4.69) is 44.7 Å². The average Bonchev–Trinajstić information content (AvgIpc) is 2.47. The largest absolute Gasteiger partial charge is 0.398 e. The third kappa shape index (κ3) is 3.77. The lowest BCUT2D eigenvalue weighted by atomic mass is 9.87. The summed E-state index contributed by atoms with van der Waals surface area (Å²) in [4.78, 5) is 12.2. The summed E-state index contributed by atoms with van der Waals surface area (Å²) in [7, 11) is 0. The fraction of sp³-hybridized carbons (Fsp3) is 0.250. The molecule has 2 aromatic rings. The van der Waals surface area contributed by atoms with Gasteiger partial charge in [-0.05, 0) is 48.1 Å². The normalized spacial score (nSPS) is 10.7. The second-order valence-electron chi connectivity index (χ2n) is 6.50. The first-order chi connectivity index (χ1) is 10.3. The summed E-state index contributed by atoms with van der Waals surface area (Å²) in [6.45, 7) is 8.42. The Morgan fingerprint density at radius 3 is 2.27 bits per heavy atom. The molecule has 0 amide bonds. The van der Waals surface area contributed by atoms with E-state index in [0.29, 0.717) is 11.3 Å². The van der Waals surface area contributed by atoms with Gasteiger partial charge in [-0.1, -0.05) is 50.5 Å². The molecule has 0 atom stereocenters. The Labute approximate surface area is 132 Å². The minimum atomic E-state index is -0.249. The molecule has 0 bridgehead atoms. The number of benzene rings is 2. The number of rotatable bonds is 1. The molecule has 22 heavy (non-hydrogen) atoms. The molecule has 0 aliphatic carbocycles. The quantitative estimate of drug-likeness (QED) is 0.488. The molecule has 2 heteroatoms. The number of carbonyl (C=O) groups excluding carboxylic acids is 1. The van der Waals surface area contributed by atoms with Gasteiger partial charge in [0.1, 0.15) is 0 Å². The van der Waals surface area contributed by atoms with Crippen molar-refractivity contribution in [1.29, 1.82) is 0 Å². The molecule has 0 aliphatic rings. The topological polar surface area (TPSA) is 43.1 Å². The molecule has 0 aromatic heterocycles. The lowest BCUT2D eigenvalue weighted by Crippen LogP contribution is -2.10. The van der Waals surface area contributed by atoms with E-state index in [1.54, 1.807) is 12.1 Å². The lowest BCUT2D eigenvalue weighted by molar-refractivity contribution is 0.105. The summed E-state index contributed by atoms with van der Waals surface area (Å²) >= 11 is 0. The van der Waals surface area contributed by atoms with Crippen molar-refractivity contribution >= 4 is 11.5 Å². The van der Waals surface area contributed by atoms with Crippen LogP contribution >= 0.6 is 0 Å². The van der Waals surface area contributed by atoms with E-state index >= 15 is 0 Å². The van der Waals surface area contributed by atoms with Crippen molar-refractivity contribution in [3.8, 4) is 11.8 Å². The molecule has 0 saturated heterocycles. The highest BCUT2D eigenvalue weighted by atomic mass is 16.1. The van der Waals surface area contributed by atoms with Gasteiger partial charge >= 0.3 is 0 Å². The Kier molecular flexibility index (Phi) is 4.37. The minimum absolute atomic E-state index is 0.109. The maximum Gasteiger partial charge on any atom is 0.238 e. The fourth-order valence-electron chi connectivity index (χ4n) is 2.12. The van der Waals surface area contributed by atoms with Crippen LogP contribution in [-0.4, -0.2) is 5.78 Å². The van der Waals surface area contributed by atoms with Gasteiger partial charge in [0, 0.05) is 11.3 Å². The van der Waals surface area contributed by atoms with E-state index < -0.39 is 0 Å². The average molecular weight is 291 g/mol. The number of Topliss-reactive ketones (excluding diaryl/α,β-unsaturated/α-hetero) is 1. The van der Waals surface area contributed by atoms with Crippen LogP contribution in [0.5, 0.6) is 0 Å². The van der Waals surface area contributed by atoms with Gasteiger partial charge < -0.3 is 5.73 Å². The zero-order valence-electron chi connectivity index (χ0n) is 13.5. The molecule has 0 unspecified atom stereocenters. The SMILES string of the molecule is Cc1ccc(N)c(C(=O)C#Cc2ccc(C(C)(C)C)cc2)c1. The van der Waals surface area contributed by atoms with Crippen molar-refractivity contribution in [3.05, 3.63) is 64.7 Å². The molecule has 112 valence electrons. The highest BCUT2D eigenvalue weighted by molar-refractivity contribution is 6.12. The number of carbonyl (C=O) groups is 1. The summed E-state index contributed by atoms with van der Waals surface area (Å²) in [6, 6.07) is 13.4. The van der Waals surface area contributed by atoms with Crippen LogP contribution in [0.3, 0.4) is 0 Å². The third-order valence-corrected chi connectivity index (χ3v) is 3.52. The number of hydrogen-bond acceptors (Lipinski definition) is 2. The fourth-order valence-corrected chi connectivity index (χ4v) is 2.12. The molecule has 0 fully saturated rings.